The first-order chi connectivity index (χ1) is 8.66. The Morgan fingerprint density at radius 1 is 1.28 bits per heavy atom. The van der Waals surface area contributed by atoms with Crippen LogP contribution in [0.2, 0.25) is 0 Å². The fourth-order valence-corrected chi connectivity index (χ4v) is 2.85. The van der Waals surface area contributed by atoms with Crippen molar-refractivity contribution >= 4 is 17.6 Å². The second-order valence-corrected chi connectivity index (χ2v) is 5.04. The van der Waals surface area contributed by atoms with Gasteiger partial charge in [-0.3, -0.25) is 4.79 Å². The maximum absolute atomic E-state index is 12.4. The number of hydrogen-bond acceptors (Lipinski definition) is 2. The molecule has 3 amide bonds. The van der Waals surface area contributed by atoms with E-state index in [1.54, 1.807) is 0 Å². The molecule has 2 saturated heterocycles. The van der Waals surface area contributed by atoms with E-state index in [1.165, 1.54) is 4.90 Å². The Kier molecular flexibility index (Phi) is 2.58. The molecule has 18 heavy (non-hydrogen) atoms. The van der Waals surface area contributed by atoms with E-state index in [4.69, 9.17) is 0 Å². The molecule has 1 atom stereocenters. The number of nitrogens with zero attached hydrogens (tertiary/aromatic N) is 2. The number of carbonyl (C=O) groups is 2. The van der Waals surface area contributed by atoms with Gasteiger partial charge in [0.05, 0.1) is 5.69 Å². The maximum atomic E-state index is 12.4. The Bertz CT molecular complexity index is 512. The maximum Gasteiger partial charge on any atom is 0.331 e. The van der Waals surface area contributed by atoms with Crippen LogP contribution in [0.25, 0.3) is 0 Å². The van der Waals surface area contributed by atoms with E-state index in [2.05, 4.69) is 0 Å². The molecule has 0 aliphatic carbocycles. The van der Waals surface area contributed by atoms with Crippen LogP contribution in [0, 0.1) is 6.92 Å². The molecule has 1 unspecified atom stereocenters. The lowest BCUT2D eigenvalue weighted by Gasteiger charge is -2.36. The zero-order valence-electron chi connectivity index (χ0n) is 10.4. The van der Waals surface area contributed by atoms with Gasteiger partial charge >= 0.3 is 6.03 Å². The second-order valence-electron chi connectivity index (χ2n) is 5.04. The number of urea groups is 1. The summed E-state index contributed by atoms with van der Waals surface area (Å²) in [7, 11) is 0. The van der Waals surface area contributed by atoms with Crippen LogP contribution in [0.1, 0.15) is 24.8 Å². The molecule has 4 heteroatoms. The Balaban J connectivity index is 1.96. The van der Waals surface area contributed by atoms with Crippen LogP contribution in [0.4, 0.5) is 10.5 Å². The fraction of sp³-hybridized carbons (Fsp3) is 0.429. The summed E-state index contributed by atoms with van der Waals surface area (Å²) in [6, 6.07) is 7.51. The normalized spacial score (nSPS) is 23.5. The number of carbonyl (C=O) groups excluding carboxylic acids is 2. The molecule has 94 valence electrons. The lowest BCUT2D eigenvalue weighted by atomic mass is 10.1. The number of imide groups is 1. The van der Waals surface area contributed by atoms with Crippen molar-refractivity contribution in [3.63, 3.8) is 0 Å². The molecule has 0 radical (unpaired) electrons. The third-order valence-corrected chi connectivity index (χ3v) is 3.73. The van der Waals surface area contributed by atoms with E-state index in [1.807, 2.05) is 36.1 Å². The number of amides is 3. The van der Waals surface area contributed by atoms with Gasteiger partial charge in [0.25, 0.3) is 0 Å². The first kappa shape index (κ1) is 11.3. The summed E-state index contributed by atoms with van der Waals surface area (Å²) in [5, 5.41) is 0. The van der Waals surface area contributed by atoms with Crippen LogP contribution in [-0.2, 0) is 4.79 Å². The lowest BCUT2D eigenvalue weighted by molar-refractivity contribution is -0.119. The molecule has 4 nitrogen and oxygen atoms in total. The van der Waals surface area contributed by atoms with Crippen molar-refractivity contribution in [2.75, 3.05) is 11.4 Å². The molecule has 3 rings (SSSR count). The third kappa shape index (κ3) is 1.68. The van der Waals surface area contributed by atoms with Crippen molar-refractivity contribution in [3.05, 3.63) is 29.8 Å². The lowest BCUT2D eigenvalue weighted by Crippen LogP contribution is -2.54. The van der Waals surface area contributed by atoms with Crippen molar-refractivity contribution in [3.8, 4) is 0 Å². The Hall–Kier alpha value is -1.84. The average molecular weight is 244 g/mol. The summed E-state index contributed by atoms with van der Waals surface area (Å²) in [5.41, 5.74) is 1.74. The smallest absolute Gasteiger partial charge is 0.320 e. The predicted octanol–water partition coefficient (Wildman–Crippen LogP) is 2.32. The summed E-state index contributed by atoms with van der Waals surface area (Å²) >= 11 is 0. The Labute approximate surface area is 106 Å². The molecular weight excluding hydrogens is 228 g/mol. The molecule has 0 saturated carbocycles. The van der Waals surface area contributed by atoms with Gasteiger partial charge in [0.1, 0.15) is 0 Å². The molecule has 2 aliphatic heterocycles. The molecule has 1 aromatic carbocycles. The molecular formula is C14H16N2O2. The largest absolute Gasteiger partial charge is 0.331 e. The van der Waals surface area contributed by atoms with E-state index in [-0.39, 0.29) is 18.0 Å². The first-order valence-electron chi connectivity index (χ1n) is 6.37. The minimum absolute atomic E-state index is 0.0752. The van der Waals surface area contributed by atoms with Gasteiger partial charge in [-0.15, -0.1) is 0 Å². The minimum atomic E-state index is -0.153. The summed E-state index contributed by atoms with van der Waals surface area (Å²) in [6.45, 7) is 2.74. The highest BCUT2D eigenvalue weighted by molar-refractivity contribution is 6.16. The van der Waals surface area contributed by atoms with Crippen LogP contribution < -0.4 is 4.90 Å². The predicted molar refractivity (Wildman–Crippen MR) is 68.4 cm³/mol. The quantitative estimate of drug-likeness (QED) is 0.760. The van der Waals surface area contributed by atoms with E-state index in [0.29, 0.717) is 12.1 Å². The van der Waals surface area contributed by atoms with Gasteiger partial charge < -0.3 is 4.90 Å². The van der Waals surface area contributed by atoms with Crippen LogP contribution in [0.3, 0.4) is 0 Å². The molecule has 0 bridgehead atoms. The highest BCUT2D eigenvalue weighted by Gasteiger charge is 2.41. The number of anilines is 1. The van der Waals surface area contributed by atoms with E-state index in [0.717, 1.165) is 24.9 Å². The van der Waals surface area contributed by atoms with Crippen LogP contribution >= 0.6 is 0 Å². The van der Waals surface area contributed by atoms with Gasteiger partial charge in [0.2, 0.25) is 5.91 Å². The topological polar surface area (TPSA) is 40.6 Å². The zero-order chi connectivity index (χ0) is 12.7. The minimum Gasteiger partial charge on any atom is -0.320 e. The van der Waals surface area contributed by atoms with Gasteiger partial charge in [0, 0.05) is 19.0 Å². The molecule has 2 aliphatic rings. The number of hydrogen-bond donors (Lipinski definition) is 0. The SMILES string of the molecule is Cc1cccc(N2C(=O)CC3CCCN3C2=O)c1. The Morgan fingerprint density at radius 2 is 2.11 bits per heavy atom. The second kappa shape index (κ2) is 4.12. The monoisotopic (exact) mass is 244 g/mol. The molecule has 1 aromatic rings. The van der Waals surface area contributed by atoms with Crippen LogP contribution in [-0.4, -0.2) is 29.4 Å². The number of rotatable bonds is 1. The van der Waals surface area contributed by atoms with Gasteiger partial charge in [-0.1, -0.05) is 12.1 Å². The van der Waals surface area contributed by atoms with Crippen molar-refractivity contribution in [1.29, 1.82) is 0 Å². The molecule has 2 fully saturated rings. The number of aryl methyl sites for hydroxylation is 1. The van der Waals surface area contributed by atoms with Crippen molar-refractivity contribution in [2.24, 2.45) is 0 Å². The standard InChI is InChI=1S/C14H16N2O2/c1-10-4-2-5-12(8-10)16-13(17)9-11-6-3-7-15(11)14(16)18/h2,4-5,8,11H,3,6-7,9H2,1H3. The highest BCUT2D eigenvalue weighted by atomic mass is 16.2. The zero-order valence-corrected chi connectivity index (χ0v) is 10.4. The summed E-state index contributed by atoms with van der Waals surface area (Å²) in [5.74, 6) is -0.0752. The molecule has 0 spiro atoms. The van der Waals surface area contributed by atoms with Crippen LogP contribution in [0.15, 0.2) is 24.3 Å². The summed E-state index contributed by atoms with van der Waals surface area (Å²) in [4.78, 5) is 27.7. The van der Waals surface area contributed by atoms with Crippen LogP contribution in [0.5, 0.6) is 0 Å². The third-order valence-electron chi connectivity index (χ3n) is 3.73. The van der Waals surface area contributed by atoms with E-state index >= 15 is 0 Å². The van der Waals surface area contributed by atoms with Gasteiger partial charge in [-0.05, 0) is 37.5 Å². The fourth-order valence-electron chi connectivity index (χ4n) is 2.85. The van der Waals surface area contributed by atoms with Crippen molar-refractivity contribution in [1.82, 2.24) is 4.90 Å². The van der Waals surface area contributed by atoms with E-state index < -0.39 is 0 Å². The van der Waals surface area contributed by atoms with Gasteiger partial charge in [-0.25, -0.2) is 9.69 Å². The molecule has 0 N–H and O–H groups in total. The molecule has 2 heterocycles. The summed E-state index contributed by atoms with van der Waals surface area (Å²) < 4.78 is 0. The van der Waals surface area contributed by atoms with Crippen molar-refractivity contribution < 1.29 is 9.59 Å². The average Bonchev–Trinajstić information content (AvgIpc) is 2.77. The molecule has 0 aromatic heterocycles. The van der Waals surface area contributed by atoms with Gasteiger partial charge in [0.15, 0.2) is 0 Å². The van der Waals surface area contributed by atoms with E-state index in [9.17, 15) is 9.59 Å². The highest BCUT2D eigenvalue weighted by Crippen LogP contribution is 2.30. The Morgan fingerprint density at radius 3 is 2.89 bits per heavy atom. The van der Waals surface area contributed by atoms with Crippen molar-refractivity contribution in [2.45, 2.75) is 32.2 Å². The number of fused-ring (bicyclic) bond motifs is 1. The number of benzene rings is 1. The van der Waals surface area contributed by atoms with Gasteiger partial charge in [-0.2, -0.15) is 0 Å². The summed E-state index contributed by atoms with van der Waals surface area (Å²) in [6.07, 6.45) is 2.42. The first-order valence-corrected chi connectivity index (χ1v) is 6.37.